The van der Waals surface area contributed by atoms with Crippen molar-refractivity contribution in [2.45, 2.75) is 77.4 Å². The van der Waals surface area contributed by atoms with Gasteiger partial charge in [0.05, 0.1) is 12.2 Å². The first-order chi connectivity index (χ1) is 26.2. The Balaban J connectivity index is 1.43. The maximum absolute atomic E-state index is 15.2. The first-order valence-corrected chi connectivity index (χ1v) is 19.2. The second kappa shape index (κ2) is 17.0. The van der Waals surface area contributed by atoms with E-state index in [2.05, 4.69) is 39.8 Å². The number of halogens is 4. The van der Waals surface area contributed by atoms with Gasteiger partial charge in [0.1, 0.15) is 11.5 Å². The van der Waals surface area contributed by atoms with Crippen molar-refractivity contribution in [2.24, 2.45) is 0 Å². The van der Waals surface area contributed by atoms with E-state index in [9.17, 15) is 0 Å². The highest BCUT2D eigenvalue weighted by atomic mass is 35.5. The highest BCUT2D eigenvalue weighted by Crippen LogP contribution is 2.41. The fourth-order valence-electron chi connectivity index (χ4n) is 6.67. The van der Waals surface area contributed by atoms with Crippen molar-refractivity contribution in [2.75, 3.05) is 0 Å². The molecule has 0 radical (unpaired) electrons. The van der Waals surface area contributed by atoms with Gasteiger partial charge in [0.15, 0.2) is 23.1 Å². The monoisotopic (exact) mass is 778 g/mol. The molecule has 0 spiro atoms. The lowest BCUT2D eigenvalue weighted by Gasteiger charge is -2.43. The molecular formula is C48H46Cl2F2O3. The van der Waals surface area contributed by atoms with Crippen LogP contribution in [-0.2, 0) is 28.4 Å². The third kappa shape index (κ3) is 9.59. The Kier molecular flexibility index (Phi) is 12.4. The van der Waals surface area contributed by atoms with Gasteiger partial charge < -0.3 is 14.2 Å². The third-order valence-corrected chi connectivity index (χ3v) is 11.4. The van der Waals surface area contributed by atoms with Gasteiger partial charge in [-0.05, 0) is 121 Å². The summed E-state index contributed by atoms with van der Waals surface area (Å²) in [5.41, 5.74) is 4.39. The minimum atomic E-state index is -0.601. The molecular weight excluding hydrogens is 733 g/mol. The van der Waals surface area contributed by atoms with Gasteiger partial charge in [-0.1, -0.05) is 124 Å². The molecule has 0 aliphatic carbocycles. The van der Waals surface area contributed by atoms with E-state index in [4.69, 9.17) is 37.4 Å². The molecule has 284 valence electrons. The molecule has 0 saturated carbocycles. The second-order valence-corrected chi connectivity index (χ2v) is 16.1. The molecule has 0 amide bonds. The van der Waals surface area contributed by atoms with Crippen molar-refractivity contribution in [3.63, 3.8) is 0 Å². The van der Waals surface area contributed by atoms with Gasteiger partial charge in [-0.25, -0.2) is 8.78 Å². The average molecular weight is 780 g/mol. The molecule has 0 aromatic heterocycles. The lowest BCUT2D eigenvalue weighted by molar-refractivity contribution is -0.0753. The first-order valence-electron chi connectivity index (χ1n) is 18.4. The van der Waals surface area contributed by atoms with Crippen LogP contribution in [0.2, 0.25) is 10.0 Å². The van der Waals surface area contributed by atoms with Crippen molar-refractivity contribution >= 4 is 23.2 Å². The summed E-state index contributed by atoms with van der Waals surface area (Å²) in [7, 11) is 0. The third-order valence-electron chi connectivity index (χ3n) is 10.5. The molecule has 2 atom stereocenters. The minimum absolute atomic E-state index is 0.127. The Morgan fingerprint density at radius 3 is 1.25 bits per heavy atom. The van der Waals surface area contributed by atoms with Crippen molar-refractivity contribution in [1.29, 1.82) is 0 Å². The van der Waals surface area contributed by atoms with Gasteiger partial charge in [0.2, 0.25) is 0 Å². The van der Waals surface area contributed by atoms with Crippen molar-refractivity contribution < 1.29 is 23.0 Å². The standard InChI is InChI=1S/C48H46Cl2F2O3/c1-31-17-21-35(29-39(31)49)47(3,4)45(27-33-19-23-41(51)43(25-33)53-37-13-9-7-10-14-37)55-46(48(5,6)36-22-18-32(2)40(50)30-36)28-34-20-24-42(52)44(26-34)54-38-15-11-8-12-16-38/h7-26,29-30,45-46H,27-28H2,1-6H3. The Morgan fingerprint density at radius 2 is 0.891 bits per heavy atom. The van der Waals surface area contributed by atoms with Crippen LogP contribution < -0.4 is 9.47 Å². The number of aryl methyl sites for hydroxylation is 2. The van der Waals surface area contributed by atoms with Crippen LogP contribution in [-0.4, -0.2) is 12.2 Å². The second-order valence-electron chi connectivity index (χ2n) is 15.3. The summed E-state index contributed by atoms with van der Waals surface area (Å²) in [5, 5.41) is 1.32. The van der Waals surface area contributed by atoms with E-state index in [0.29, 0.717) is 34.4 Å². The number of ether oxygens (including phenoxy) is 3. The zero-order valence-electron chi connectivity index (χ0n) is 32.0. The van der Waals surface area contributed by atoms with Crippen LogP contribution in [0.3, 0.4) is 0 Å². The Labute approximate surface area is 333 Å². The van der Waals surface area contributed by atoms with Crippen LogP contribution in [0.15, 0.2) is 133 Å². The number of benzene rings is 6. The summed E-state index contributed by atoms with van der Waals surface area (Å²) in [4.78, 5) is 0. The zero-order chi connectivity index (χ0) is 39.3. The molecule has 0 aliphatic rings. The molecule has 3 nitrogen and oxygen atoms in total. The van der Waals surface area contributed by atoms with Crippen LogP contribution in [0.4, 0.5) is 8.78 Å². The van der Waals surface area contributed by atoms with Crippen molar-refractivity contribution in [1.82, 2.24) is 0 Å². The van der Waals surface area contributed by atoms with Gasteiger partial charge in [-0.2, -0.15) is 0 Å². The maximum atomic E-state index is 15.2. The highest BCUT2D eigenvalue weighted by molar-refractivity contribution is 6.31. The normalized spacial score (nSPS) is 13.0. The Morgan fingerprint density at radius 1 is 0.509 bits per heavy atom. The lowest BCUT2D eigenvalue weighted by atomic mass is 9.74. The molecule has 6 aromatic rings. The van der Waals surface area contributed by atoms with Gasteiger partial charge in [-0.15, -0.1) is 0 Å². The van der Waals surface area contributed by atoms with E-state index in [1.54, 1.807) is 48.5 Å². The predicted molar refractivity (Wildman–Crippen MR) is 220 cm³/mol. The van der Waals surface area contributed by atoms with E-state index >= 15 is 8.78 Å². The number of para-hydroxylation sites is 2. The number of hydrogen-bond donors (Lipinski definition) is 0. The largest absolute Gasteiger partial charge is 0.454 e. The number of rotatable bonds is 14. The topological polar surface area (TPSA) is 27.7 Å². The van der Waals surface area contributed by atoms with Crippen LogP contribution >= 0.6 is 23.2 Å². The number of hydrogen-bond acceptors (Lipinski definition) is 3. The first kappa shape index (κ1) is 40.0. The van der Waals surface area contributed by atoms with E-state index in [0.717, 1.165) is 33.4 Å². The van der Waals surface area contributed by atoms with Crippen LogP contribution in [0.5, 0.6) is 23.0 Å². The summed E-state index contributed by atoms with van der Waals surface area (Å²) in [6.07, 6.45) is -0.104. The average Bonchev–Trinajstić information content (AvgIpc) is 3.16. The van der Waals surface area contributed by atoms with E-state index in [1.807, 2.05) is 74.5 Å². The smallest absolute Gasteiger partial charge is 0.165 e. The lowest BCUT2D eigenvalue weighted by Crippen LogP contribution is -2.46. The van der Waals surface area contributed by atoms with E-state index < -0.39 is 34.7 Å². The van der Waals surface area contributed by atoms with Gasteiger partial charge in [0, 0.05) is 20.9 Å². The van der Waals surface area contributed by atoms with E-state index in [1.165, 1.54) is 12.1 Å². The van der Waals surface area contributed by atoms with Crippen LogP contribution in [0, 0.1) is 25.5 Å². The molecule has 0 N–H and O–H groups in total. The minimum Gasteiger partial charge on any atom is -0.454 e. The SMILES string of the molecule is Cc1ccc(C(C)(C)C(Cc2ccc(F)c(Oc3ccccc3)c2)OC(Cc2ccc(F)c(Oc3ccccc3)c2)C(C)(C)c2ccc(C)c(Cl)c2)cc1Cl. The van der Waals surface area contributed by atoms with Gasteiger partial charge >= 0.3 is 0 Å². The molecule has 0 saturated heterocycles. The summed E-state index contributed by atoms with van der Waals surface area (Å²) in [5.74, 6) is 0.401. The zero-order valence-corrected chi connectivity index (χ0v) is 33.5. The highest BCUT2D eigenvalue weighted by Gasteiger charge is 2.40. The molecule has 0 bridgehead atoms. The molecule has 2 unspecified atom stereocenters. The quantitative estimate of drug-likeness (QED) is 0.110. The molecule has 0 aliphatic heterocycles. The Hall–Kier alpha value is -4.68. The summed E-state index contributed by atoms with van der Waals surface area (Å²) >= 11 is 13.4. The summed E-state index contributed by atoms with van der Waals surface area (Å²) in [6, 6.07) is 40.4. The van der Waals surface area contributed by atoms with E-state index in [-0.39, 0.29) is 11.5 Å². The maximum Gasteiger partial charge on any atom is 0.165 e. The van der Waals surface area contributed by atoms with Crippen LogP contribution in [0.1, 0.15) is 61.1 Å². The summed E-state index contributed by atoms with van der Waals surface area (Å²) in [6.45, 7) is 12.5. The molecule has 6 aromatic carbocycles. The van der Waals surface area contributed by atoms with Gasteiger partial charge in [0.25, 0.3) is 0 Å². The molecule has 7 heteroatoms. The van der Waals surface area contributed by atoms with Crippen LogP contribution in [0.25, 0.3) is 0 Å². The Bertz CT molecular complexity index is 2080. The van der Waals surface area contributed by atoms with Gasteiger partial charge in [-0.3, -0.25) is 0 Å². The molecule has 0 heterocycles. The molecule has 6 rings (SSSR count). The van der Waals surface area contributed by atoms with Crippen molar-refractivity contribution in [3.05, 3.63) is 189 Å². The summed E-state index contributed by atoms with van der Waals surface area (Å²) < 4.78 is 49.9. The molecule has 0 fully saturated rings. The fourth-order valence-corrected chi connectivity index (χ4v) is 7.03. The fraction of sp³-hybridized carbons (Fsp3) is 0.250. The molecule has 55 heavy (non-hydrogen) atoms. The van der Waals surface area contributed by atoms with Crippen molar-refractivity contribution in [3.8, 4) is 23.0 Å². The predicted octanol–water partition coefficient (Wildman–Crippen LogP) is 14.0.